The van der Waals surface area contributed by atoms with Crippen molar-refractivity contribution in [2.24, 2.45) is 0 Å². The van der Waals surface area contributed by atoms with Gasteiger partial charge in [-0.05, 0) is 24.8 Å². The van der Waals surface area contributed by atoms with Crippen LogP contribution >= 0.6 is 0 Å². The zero-order chi connectivity index (χ0) is 12.5. The third kappa shape index (κ3) is 8.28. The van der Waals surface area contributed by atoms with Crippen molar-refractivity contribution in [1.82, 2.24) is 5.32 Å². The molecule has 0 heterocycles. The summed E-state index contributed by atoms with van der Waals surface area (Å²) < 4.78 is 0. The van der Waals surface area contributed by atoms with Crippen molar-refractivity contribution >= 4 is 11.9 Å². The summed E-state index contributed by atoms with van der Waals surface area (Å²) in [6, 6.07) is 9.86. The SMILES string of the molecule is O=C([O-])CCCC(=O)NCCc1ccccc1.[Na+]. The van der Waals surface area contributed by atoms with E-state index in [1.807, 2.05) is 30.3 Å². The maximum absolute atomic E-state index is 11.3. The number of carboxylic acid groups (broad SMARTS) is 1. The Morgan fingerprint density at radius 1 is 1.11 bits per heavy atom. The first-order chi connectivity index (χ1) is 8.18. The number of rotatable bonds is 7. The van der Waals surface area contributed by atoms with Gasteiger partial charge in [-0.1, -0.05) is 30.3 Å². The summed E-state index contributed by atoms with van der Waals surface area (Å²) in [5.74, 6) is -1.22. The molecule has 0 aliphatic rings. The molecule has 1 rings (SSSR count). The molecule has 0 bridgehead atoms. The smallest absolute Gasteiger partial charge is 0.550 e. The van der Waals surface area contributed by atoms with Crippen LogP contribution in [0.25, 0.3) is 0 Å². The number of carbonyl (C=O) groups excluding carboxylic acids is 2. The van der Waals surface area contributed by atoms with E-state index in [1.54, 1.807) is 0 Å². The molecule has 1 N–H and O–H groups in total. The second kappa shape index (κ2) is 10.1. The molecule has 0 unspecified atom stereocenters. The summed E-state index contributed by atoms with van der Waals surface area (Å²) in [7, 11) is 0. The van der Waals surface area contributed by atoms with Gasteiger partial charge in [-0.15, -0.1) is 0 Å². The molecule has 1 aromatic rings. The molecule has 92 valence electrons. The van der Waals surface area contributed by atoms with Gasteiger partial charge in [-0.3, -0.25) is 4.79 Å². The van der Waals surface area contributed by atoms with Crippen molar-refractivity contribution in [2.45, 2.75) is 25.7 Å². The Balaban J connectivity index is 0.00000289. The van der Waals surface area contributed by atoms with E-state index in [-0.39, 0.29) is 48.3 Å². The van der Waals surface area contributed by atoms with E-state index in [9.17, 15) is 14.7 Å². The minimum atomic E-state index is -1.11. The number of carboxylic acids is 1. The molecule has 4 nitrogen and oxygen atoms in total. The first-order valence-corrected chi connectivity index (χ1v) is 5.69. The number of benzene rings is 1. The molecule has 1 aromatic carbocycles. The molecule has 0 spiro atoms. The topological polar surface area (TPSA) is 69.2 Å². The molecule has 0 atom stereocenters. The molecule has 0 saturated carbocycles. The minimum absolute atomic E-state index is 0. The summed E-state index contributed by atoms with van der Waals surface area (Å²) in [5, 5.41) is 12.9. The Morgan fingerprint density at radius 2 is 1.78 bits per heavy atom. The fourth-order valence-electron chi connectivity index (χ4n) is 1.47. The van der Waals surface area contributed by atoms with Gasteiger partial charge in [0, 0.05) is 18.9 Å². The standard InChI is InChI=1S/C13H17NO3.Na/c15-12(7-4-8-13(16)17)14-10-9-11-5-2-1-3-6-11;/h1-3,5-6H,4,7-10H2,(H,14,15)(H,16,17);/q;+1/p-1. The van der Waals surface area contributed by atoms with E-state index in [4.69, 9.17) is 0 Å². The molecule has 0 fully saturated rings. The molecule has 0 aromatic heterocycles. The number of nitrogens with one attached hydrogen (secondary N) is 1. The van der Waals surface area contributed by atoms with Gasteiger partial charge in [-0.2, -0.15) is 0 Å². The van der Waals surface area contributed by atoms with Crippen LogP contribution in [0.3, 0.4) is 0 Å². The van der Waals surface area contributed by atoms with Gasteiger partial charge in [-0.25, -0.2) is 0 Å². The van der Waals surface area contributed by atoms with Crippen LogP contribution in [0.4, 0.5) is 0 Å². The predicted molar refractivity (Wildman–Crippen MR) is 62.0 cm³/mol. The predicted octanol–water partition coefficient (Wildman–Crippen LogP) is -2.73. The number of aliphatic carboxylic acids is 1. The first-order valence-electron chi connectivity index (χ1n) is 5.69. The van der Waals surface area contributed by atoms with Crippen LogP contribution in [0, 0.1) is 0 Å². The van der Waals surface area contributed by atoms with Crippen molar-refractivity contribution in [3.05, 3.63) is 35.9 Å². The van der Waals surface area contributed by atoms with Crippen molar-refractivity contribution in [3.8, 4) is 0 Å². The van der Waals surface area contributed by atoms with Crippen molar-refractivity contribution < 1.29 is 44.3 Å². The van der Waals surface area contributed by atoms with Gasteiger partial charge in [0.15, 0.2) is 0 Å². The zero-order valence-corrected chi connectivity index (χ0v) is 12.6. The molecule has 0 aliphatic heterocycles. The molecular weight excluding hydrogens is 241 g/mol. The summed E-state index contributed by atoms with van der Waals surface area (Å²) in [4.78, 5) is 21.4. The van der Waals surface area contributed by atoms with E-state index in [1.165, 1.54) is 5.56 Å². The van der Waals surface area contributed by atoms with E-state index >= 15 is 0 Å². The Bertz CT molecular complexity index is 368. The quantitative estimate of drug-likeness (QED) is 0.539. The second-order valence-corrected chi connectivity index (χ2v) is 3.81. The van der Waals surface area contributed by atoms with Gasteiger partial charge in [0.1, 0.15) is 0 Å². The maximum Gasteiger partial charge on any atom is 1.00 e. The molecule has 1 amide bonds. The Kier molecular flexibility index (Phi) is 9.64. The van der Waals surface area contributed by atoms with E-state index in [0.29, 0.717) is 13.0 Å². The van der Waals surface area contributed by atoms with Crippen molar-refractivity contribution in [1.29, 1.82) is 0 Å². The van der Waals surface area contributed by atoms with Gasteiger partial charge >= 0.3 is 29.6 Å². The van der Waals surface area contributed by atoms with Crippen LogP contribution in [-0.2, 0) is 16.0 Å². The van der Waals surface area contributed by atoms with Gasteiger partial charge in [0.25, 0.3) is 0 Å². The van der Waals surface area contributed by atoms with Crippen molar-refractivity contribution in [2.75, 3.05) is 6.54 Å². The van der Waals surface area contributed by atoms with Crippen LogP contribution in [0.2, 0.25) is 0 Å². The normalized spacial score (nSPS) is 9.33. The number of hydrogen-bond acceptors (Lipinski definition) is 3. The van der Waals surface area contributed by atoms with Crippen LogP contribution < -0.4 is 40.0 Å². The van der Waals surface area contributed by atoms with Gasteiger partial charge < -0.3 is 15.2 Å². The minimum Gasteiger partial charge on any atom is -0.550 e. The van der Waals surface area contributed by atoms with E-state index < -0.39 is 5.97 Å². The van der Waals surface area contributed by atoms with Crippen LogP contribution in [0.15, 0.2) is 30.3 Å². The monoisotopic (exact) mass is 257 g/mol. The number of hydrogen-bond donors (Lipinski definition) is 1. The summed E-state index contributed by atoms with van der Waals surface area (Å²) >= 11 is 0. The third-order valence-electron chi connectivity index (χ3n) is 2.36. The summed E-state index contributed by atoms with van der Waals surface area (Å²) in [6.45, 7) is 0.578. The van der Waals surface area contributed by atoms with Crippen LogP contribution in [0.1, 0.15) is 24.8 Å². The second-order valence-electron chi connectivity index (χ2n) is 3.81. The molecular formula is C13H16NNaO3. The Morgan fingerprint density at radius 3 is 2.39 bits per heavy atom. The average Bonchev–Trinajstić information content (AvgIpc) is 2.30. The molecule has 0 saturated heterocycles. The molecule has 5 heteroatoms. The molecule has 18 heavy (non-hydrogen) atoms. The van der Waals surface area contributed by atoms with Gasteiger partial charge in [0.05, 0.1) is 0 Å². The Labute approximate surface area is 129 Å². The van der Waals surface area contributed by atoms with Crippen LogP contribution in [0.5, 0.6) is 0 Å². The zero-order valence-electron chi connectivity index (χ0n) is 10.6. The first kappa shape index (κ1) is 17.2. The fraction of sp³-hybridized carbons (Fsp3) is 0.385. The van der Waals surface area contributed by atoms with Crippen molar-refractivity contribution in [3.63, 3.8) is 0 Å². The largest absolute Gasteiger partial charge is 1.00 e. The van der Waals surface area contributed by atoms with E-state index in [0.717, 1.165) is 6.42 Å². The number of carbonyl (C=O) groups is 2. The average molecular weight is 257 g/mol. The fourth-order valence-corrected chi connectivity index (χ4v) is 1.47. The van der Waals surface area contributed by atoms with E-state index in [2.05, 4.69) is 5.32 Å². The number of amides is 1. The summed E-state index contributed by atoms with van der Waals surface area (Å²) in [6.07, 6.45) is 1.29. The molecule has 0 aliphatic carbocycles. The summed E-state index contributed by atoms with van der Waals surface area (Å²) in [5.41, 5.74) is 1.17. The third-order valence-corrected chi connectivity index (χ3v) is 2.36. The Hall–Kier alpha value is -0.840. The maximum atomic E-state index is 11.3. The van der Waals surface area contributed by atoms with Gasteiger partial charge in [0.2, 0.25) is 5.91 Å². The van der Waals surface area contributed by atoms with Crippen LogP contribution in [-0.4, -0.2) is 18.4 Å². The molecule has 0 radical (unpaired) electrons.